The second-order valence-electron chi connectivity index (χ2n) is 7.80. The van der Waals surface area contributed by atoms with Gasteiger partial charge < -0.3 is 14.1 Å². The Balaban J connectivity index is 1.14. The Kier molecular flexibility index (Phi) is 5.11. The quantitative estimate of drug-likeness (QED) is 0.479. The van der Waals surface area contributed by atoms with Gasteiger partial charge in [0, 0.05) is 39.8 Å². The first-order chi connectivity index (χ1) is 15.1. The zero-order valence-corrected chi connectivity index (χ0v) is 17.3. The van der Waals surface area contributed by atoms with Crippen molar-refractivity contribution in [3.63, 3.8) is 0 Å². The van der Waals surface area contributed by atoms with E-state index >= 15 is 0 Å². The van der Waals surface area contributed by atoms with Crippen LogP contribution in [0.4, 0.5) is 10.1 Å². The van der Waals surface area contributed by atoms with E-state index in [0.717, 1.165) is 55.9 Å². The number of nitrogens with zero attached hydrogens (tertiary/aromatic N) is 4. The van der Waals surface area contributed by atoms with E-state index in [2.05, 4.69) is 20.0 Å². The Morgan fingerprint density at radius 1 is 1.19 bits per heavy atom. The minimum Gasteiger partial charge on any atom is -0.476 e. The molecule has 4 aromatic rings. The van der Waals surface area contributed by atoms with Crippen molar-refractivity contribution in [3.8, 4) is 5.88 Å². The molecule has 0 spiro atoms. The lowest BCUT2D eigenvalue weighted by molar-refractivity contribution is 0.222. The third kappa shape index (κ3) is 3.76. The van der Waals surface area contributed by atoms with Gasteiger partial charge >= 0.3 is 5.76 Å². The van der Waals surface area contributed by atoms with Gasteiger partial charge in [0.1, 0.15) is 5.82 Å². The summed E-state index contributed by atoms with van der Waals surface area (Å²) >= 11 is 0. The van der Waals surface area contributed by atoms with Crippen molar-refractivity contribution in [2.45, 2.75) is 6.42 Å². The number of anilines is 1. The first-order valence-electron chi connectivity index (χ1n) is 10.4. The summed E-state index contributed by atoms with van der Waals surface area (Å²) in [7, 11) is 1.72. The molecular weight excluding hydrogens is 401 g/mol. The van der Waals surface area contributed by atoms with Crippen LogP contribution >= 0.6 is 0 Å². The number of aromatic amines is 1. The molecule has 162 valence electrons. The lowest BCUT2D eigenvalue weighted by atomic mass is 10.2. The lowest BCUT2D eigenvalue weighted by Gasteiger charge is -2.35. The molecule has 31 heavy (non-hydrogen) atoms. The number of rotatable bonds is 6. The van der Waals surface area contributed by atoms with Crippen LogP contribution in [0.3, 0.4) is 0 Å². The highest BCUT2D eigenvalue weighted by Crippen LogP contribution is 2.27. The number of ether oxygens (including phenoxy) is 1. The molecule has 1 saturated heterocycles. The Morgan fingerprint density at radius 3 is 2.87 bits per heavy atom. The van der Waals surface area contributed by atoms with E-state index in [1.54, 1.807) is 13.1 Å². The van der Waals surface area contributed by atoms with Gasteiger partial charge in [0.25, 0.3) is 0 Å². The number of benzene rings is 2. The van der Waals surface area contributed by atoms with Crippen molar-refractivity contribution in [2.24, 2.45) is 7.05 Å². The van der Waals surface area contributed by atoms with Crippen LogP contribution in [-0.4, -0.2) is 59.0 Å². The van der Waals surface area contributed by atoms with E-state index in [1.807, 2.05) is 18.2 Å². The first kappa shape index (κ1) is 19.6. The van der Waals surface area contributed by atoms with E-state index in [1.165, 1.54) is 16.7 Å². The van der Waals surface area contributed by atoms with Crippen LogP contribution in [0.15, 0.2) is 45.6 Å². The fraction of sp³-hybridized carbons (Fsp3) is 0.364. The number of oxazole rings is 1. The number of aromatic nitrogens is 3. The van der Waals surface area contributed by atoms with Gasteiger partial charge in [0.15, 0.2) is 5.58 Å². The third-order valence-electron chi connectivity index (χ3n) is 5.86. The number of hydrogen-bond acceptors (Lipinski definition) is 6. The Hall–Kier alpha value is -3.33. The number of fused-ring (bicyclic) bond motifs is 2. The number of nitrogens with one attached hydrogen (secondary N) is 1. The van der Waals surface area contributed by atoms with E-state index in [-0.39, 0.29) is 11.6 Å². The highest BCUT2D eigenvalue weighted by Gasteiger charge is 2.21. The highest BCUT2D eigenvalue weighted by molar-refractivity contribution is 5.87. The summed E-state index contributed by atoms with van der Waals surface area (Å²) < 4.78 is 26.2. The molecule has 0 aliphatic carbocycles. The van der Waals surface area contributed by atoms with E-state index in [9.17, 15) is 9.18 Å². The molecule has 9 heteroatoms. The number of aryl methyl sites for hydroxylation is 1. The summed E-state index contributed by atoms with van der Waals surface area (Å²) in [6.07, 6.45) is 0.854. The van der Waals surface area contributed by atoms with Crippen LogP contribution in [0.2, 0.25) is 0 Å². The van der Waals surface area contributed by atoms with Crippen LogP contribution in [0.5, 0.6) is 5.88 Å². The molecule has 0 amide bonds. The molecule has 1 fully saturated rings. The SMILES string of the molecule is Cn1c(=O)oc2c(N3CCN(CCCOc4n[nH]c5ccc(F)cc45)CC3)cccc21. The first-order valence-corrected chi connectivity index (χ1v) is 10.4. The van der Waals surface area contributed by atoms with Gasteiger partial charge in [-0.25, -0.2) is 9.18 Å². The molecule has 1 N–H and O–H groups in total. The van der Waals surface area contributed by atoms with Gasteiger partial charge in [-0.3, -0.25) is 14.6 Å². The molecule has 0 radical (unpaired) electrons. The van der Waals surface area contributed by atoms with Crippen LogP contribution in [0.25, 0.3) is 22.0 Å². The molecule has 2 aromatic carbocycles. The monoisotopic (exact) mass is 425 g/mol. The fourth-order valence-electron chi connectivity index (χ4n) is 4.13. The Labute approximate surface area is 177 Å². The van der Waals surface area contributed by atoms with Gasteiger partial charge in [-0.2, -0.15) is 0 Å². The highest BCUT2D eigenvalue weighted by atomic mass is 19.1. The second-order valence-corrected chi connectivity index (χ2v) is 7.80. The van der Waals surface area contributed by atoms with Crippen molar-refractivity contribution in [2.75, 3.05) is 44.2 Å². The zero-order chi connectivity index (χ0) is 21.4. The Bertz CT molecular complexity index is 1270. The van der Waals surface area contributed by atoms with Crippen molar-refractivity contribution in [1.29, 1.82) is 0 Å². The van der Waals surface area contributed by atoms with Gasteiger partial charge in [-0.15, -0.1) is 5.10 Å². The second kappa shape index (κ2) is 8.07. The topological polar surface area (TPSA) is 79.5 Å². The molecule has 3 heterocycles. The predicted molar refractivity (Wildman–Crippen MR) is 116 cm³/mol. The molecule has 0 unspecified atom stereocenters. The number of H-pyrrole nitrogens is 1. The molecule has 8 nitrogen and oxygen atoms in total. The average molecular weight is 425 g/mol. The largest absolute Gasteiger partial charge is 0.476 e. The summed E-state index contributed by atoms with van der Waals surface area (Å²) in [6, 6.07) is 10.4. The zero-order valence-electron chi connectivity index (χ0n) is 17.3. The average Bonchev–Trinajstić information content (AvgIpc) is 3.31. The summed E-state index contributed by atoms with van der Waals surface area (Å²) in [6.45, 7) is 5.00. The van der Waals surface area contributed by atoms with E-state index < -0.39 is 0 Å². The Morgan fingerprint density at radius 2 is 2.03 bits per heavy atom. The molecule has 0 atom stereocenters. The number of halogens is 1. The van der Waals surface area contributed by atoms with Crippen molar-refractivity contribution < 1.29 is 13.5 Å². The van der Waals surface area contributed by atoms with Gasteiger partial charge in [-0.05, 0) is 36.8 Å². The minimum absolute atomic E-state index is 0.304. The summed E-state index contributed by atoms with van der Waals surface area (Å²) in [4.78, 5) is 16.5. The summed E-state index contributed by atoms with van der Waals surface area (Å²) in [5.41, 5.74) is 3.19. The molecule has 1 aliphatic rings. The molecular formula is C22H24FN5O3. The van der Waals surface area contributed by atoms with Crippen LogP contribution < -0.4 is 15.4 Å². The third-order valence-corrected chi connectivity index (χ3v) is 5.86. The molecule has 2 aromatic heterocycles. The van der Waals surface area contributed by atoms with Crippen LogP contribution in [-0.2, 0) is 7.05 Å². The molecule has 1 aliphatic heterocycles. The van der Waals surface area contributed by atoms with E-state index in [0.29, 0.717) is 23.5 Å². The van der Waals surface area contributed by atoms with Gasteiger partial charge in [-0.1, -0.05) is 6.07 Å². The molecule has 0 bridgehead atoms. The van der Waals surface area contributed by atoms with E-state index in [4.69, 9.17) is 9.15 Å². The smallest absolute Gasteiger partial charge is 0.419 e. The molecule has 0 saturated carbocycles. The number of piperazine rings is 1. The van der Waals surface area contributed by atoms with Crippen molar-refractivity contribution in [1.82, 2.24) is 19.7 Å². The number of para-hydroxylation sites is 1. The molecule has 5 rings (SSSR count). The lowest BCUT2D eigenvalue weighted by Crippen LogP contribution is -2.46. The van der Waals surface area contributed by atoms with Gasteiger partial charge in [0.05, 0.1) is 28.7 Å². The van der Waals surface area contributed by atoms with Crippen molar-refractivity contribution in [3.05, 3.63) is 52.8 Å². The van der Waals surface area contributed by atoms with Gasteiger partial charge in [0.2, 0.25) is 5.88 Å². The minimum atomic E-state index is -0.339. The summed E-state index contributed by atoms with van der Waals surface area (Å²) in [5.74, 6) is -0.202. The maximum Gasteiger partial charge on any atom is 0.419 e. The maximum absolute atomic E-state index is 13.5. The van der Waals surface area contributed by atoms with Crippen molar-refractivity contribution >= 4 is 27.7 Å². The van der Waals surface area contributed by atoms with Crippen LogP contribution in [0.1, 0.15) is 6.42 Å². The normalized spacial score (nSPS) is 15.2. The maximum atomic E-state index is 13.5. The fourth-order valence-corrected chi connectivity index (χ4v) is 4.13. The standard InChI is InChI=1S/C22H24FN5O3/c1-26-18-4-2-5-19(20(18)31-22(26)29)28-11-9-27(10-12-28)8-3-13-30-21-16-14-15(23)6-7-17(16)24-25-21/h2,4-7,14H,3,8-13H2,1H3,(H,24,25). The number of hydrogen-bond donors (Lipinski definition) is 1. The van der Waals surface area contributed by atoms with Crippen LogP contribution in [0, 0.1) is 5.82 Å². The summed E-state index contributed by atoms with van der Waals surface area (Å²) in [5, 5.41) is 7.65. The predicted octanol–water partition coefficient (Wildman–Crippen LogP) is 2.74.